The first-order valence-corrected chi connectivity index (χ1v) is 8.37. The van der Waals surface area contributed by atoms with Crippen molar-refractivity contribution in [3.63, 3.8) is 0 Å². The van der Waals surface area contributed by atoms with E-state index in [1.54, 1.807) is 0 Å². The third-order valence-corrected chi connectivity index (χ3v) is 4.19. The number of hydrogen-bond donors (Lipinski definition) is 1. The third-order valence-electron chi connectivity index (χ3n) is 4.19. The highest BCUT2D eigenvalue weighted by Crippen LogP contribution is 2.18. The Hall–Kier alpha value is -1.10. The lowest BCUT2D eigenvalue weighted by Crippen LogP contribution is -2.52. The molecule has 0 aliphatic carbocycles. The molecule has 1 fully saturated rings. The minimum absolute atomic E-state index is 0.244. The van der Waals surface area contributed by atoms with Gasteiger partial charge in [-0.15, -0.1) is 0 Å². The van der Waals surface area contributed by atoms with E-state index in [1.807, 2.05) is 13.0 Å². The highest BCUT2D eigenvalue weighted by Gasteiger charge is 2.26. The zero-order chi connectivity index (χ0) is 15.9. The van der Waals surface area contributed by atoms with E-state index in [9.17, 15) is 5.11 Å². The Morgan fingerprint density at radius 2 is 2.18 bits per heavy atom. The van der Waals surface area contributed by atoms with Crippen molar-refractivity contribution < 1.29 is 9.52 Å². The number of piperazine rings is 1. The number of furan rings is 1. The zero-order valence-electron chi connectivity index (χ0n) is 14.2. The number of hydrogen-bond acceptors (Lipinski definition) is 4. The molecule has 1 atom stereocenters. The summed E-state index contributed by atoms with van der Waals surface area (Å²) in [4.78, 5) is 4.92. The van der Waals surface area contributed by atoms with Crippen molar-refractivity contribution in [3.05, 3.63) is 35.8 Å². The van der Waals surface area contributed by atoms with Crippen molar-refractivity contribution in [2.45, 2.75) is 39.8 Å². The van der Waals surface area contributed by atoms with Gasteiger partial charge in [-0.05, 0) is 31.4 Å². The van der Waals surface area contributed by atoms with E-state index < -0.39 is 0 Å². The van der Waals surface area contributed by atoms with Crippen LogP contribution in [0.4, 0.5) is 0 Å². The monoisotopic (exact) mass is 306 g/mol. The maximum absolute atomic E-state index is 9.36. The van der Waals surface area contributed by atoms with Crippen molar-refractivity contribution in [1.29, 1.82) is 0 Å². The van der Waals surface area contributed by atoms with E-state index >= 15 is 0 Å². The molecule has 1 saturated heterocycles. The van der Waals surface area contributed by atoms with E-state index in [0.717, 1.165) is 50.7 Å². The Morgan fingerprint density at radius 1 is 1.36 bits per heavy atom. The molecule has 4 nitrogen and oxygen atoms in total. The standard InChI is InChI=1S/C18H30N2O2/c1-15(2)5-4-9-19-10-11-20(17(13-19)8-12-21)14-18-7-6-16(3)22-18/h4-7,15,17,21H,8-14H2,1-3H3/b5-4+/t17-/m1/s1. The van der Waals surface area contributed by atoms with Crippen molar-refractivity contribution in [1.82, 2.24) is 9.80 Å². The van der Waals surface area contributed by atoms with Gasteiger partial charge < -0.3 is 9.52 Å². The van der Waals surface area contributed by atoms with Crippen molar-refractivity contribution in [3.8, 4) is 0 Å². The van der Waals surface area contributed by atoms with Crippen LogP contribution in [0.2, 0.25) is 0 Å². The summed E-state index contributed by atoms with van der Waals surface area (Å²) < 4.78 is 5.70. The topological polar surface area (TPSA) is 39.9 Å². The molecule has 2 rings (SSSR count). The summed E-state index contributed by atoms with van der Waals surface area (Å²) in [6.45, 7) is 11.6. The van der Waals surface area contributed by atoms with Crippen LogP contribution in [0.5, 0.6) is 0 Å². The van der Waals surface area contributed by atoms with Gasteiger partial charge in [0.1, 0.15) is 11.5 Å². The molecule has 0 aromatic carbocycles. The van der Waals surface area contributed by atoms with E-state index in [4.69, 9.17) is 4.42 Å². The number of nitrogens with zero attached hydrogens (tertiary/aromatic N) is 2. The summed E-state index contributed by atoms with van der Waals surface area (Å²) in [6.07, 6.45) is 5.36. The van der Waals surface area contributed by atoms with Gasteiger partial charge in [0.05, 0.1) is 6.54 Å². The Kier molecular flexibility index (Phi) is 6.68. The molecule has 0 bridgehead atoms. The summed E-state index contributed by atoms with van der Waals surface area (Å²) in [6, 6.07) is 4.48. The van der Waals surface area contributed by atoms with Gasteiger partial charge in [-0.3, -0.25) is 9.80 Å². The summed E-state index contributed by atoms with van der Waals surface area (Å²) in [5.41, 5.74) is 0. The summed E-state index contributed by atoms with van der Waals surface area (Å²) in [5.74, 6) is 2.59. The fraction of sp³-hybridized carbons (Fsp3) is 0.667. The second-order valence-electron chi connectivity index (χ2n) is 6.58. The number of rotatable bonds is 7. The van der Waals surface area contributed by atoms with Gasteiger partial charge in [0, 0.05) is 38.8 Å². The zero-order valence-corrected chi connectivity index (χ0v) is 14.2. The Labute approximate surface area is 134 Å². The SMILES string of the molecule is Cc1ccc(CN2CCN(C/C=C/C(C)C)C[C@H]2CCO)o1. The average molecular weight is 306 g/mol. The van der Waals surface area contributed by atoms with Gasteiger partial charge in [-0.25, -0.2) is 0 Å². The van der Waals surface area contributed by atoms with Crippen LogP contribution >= 0.6 is 0 Å². The van der Waals surface area contributed by atoms with Gasteiger partial charge in [-0.1, -0.05) is 26.0 Å². The third kappa shape index (κ3) is 5.27. The van der Waals surface area contributed by atoms with Gasteiger partial charge in [0.2, 0.25) is 0 Å². The molecule has 1 aliphatic heterocycles. The van der Waals surface area contributed by atoms with Crippen LogP contribution in [-0.4, -0.2) is 53.7 Å². The number of aryl methyl sites for hydroxylation is 1. The molecule has 1 aromatic rings. The first-order chi connectivity index (χ1) is 10.6. The van der Waals surface area contributed by atoms with Crippen LogP contribution in [0, 0.1) is 12.8 Å². The van der Waals surface area contributed by atoms with E-state index in [0.29, 0.717) is 12.0 Å². The number of allylic oxidation sites excluding steroid dienone is 1. The Morgan fingerprint density at radius 3 is 2.82 bits per heavy atom. The van der Waals surface area contributed by atoms with Crippen LogP contribution in [0.15, 0.2) is 28.7 Å². The molecular formula is C18H30N2O2. The molecule has 1 aliphatic rings. The molecule has 0 spiro atoms. The lowest BCUT2D eigenvalue weighted by atomic mass is 10.1. The molecule has 1 N–H and O–H groups in total. The second-order valence-corrected chi connectivity index (χ2v) is 6.58. The maximum Gasteiger partial charge on any atom is 0.118 e. The lowest BCUT2D eigenvalue weighted by molar-refractivity contribution is 0.0546. The van der Waals surface area contributed by atoms with Crippen LogP contribution < -0.4 is 0 Å². The summed E-state index contributed by atoms with van der Waals surface area (Å²) in [7, 11) is 0. The number of aliphatic hydroxyl groups excluding tert-OH is 1. The van der Waals surface area contributed by atoms with Gasteiger partial charge in [-0.2, -0.15) is 0 Å². The summed E-state index contributed by atoms with van der Waals surface area (Å²) >= 11 is 0. The lowest BCUT2D eigenvalue weighted by Gasteiger charge is -2.40. The largest absolute Gasteiger partial charge is 0.465 e. The smallest absolute Gasteiger partial charge is 0.118 e. The molecule has 22 heavy (non-hydrogen) atoms. The van der Waals surface area contributed by atoms with Gasteiger partial charge in [0.25, 0.3) is 0 Å². The Bertz CT molecular complexity index is 467. The molecule has 124 valence electrons. The van der Waals surface area contributed by atoms with Crippen LogP contribution in [0.25, 0.3) is 0 Å². The van der Waals surface area contributed by atoms with E-state index in [-0.39, 0.29) is 6.61 Å². The summed E-state index contributed by atoms with van der Waals surface area (Å²) in [5, 5.41) is 9.36. The highest BCUT2D eigenvalue weighted by atomic mass is 16.3. The molecule has 0 unspecified atom stereocenters. The first kappa shape index (κ1) is 17.3. The minimum atomic E-state index is 0.244. The fourth-order valence-electron chi connectivity index (χ4n) is 3.01. The molecule has 2 heterocycles. The molecule has 0 amide bonds. The van der Waals surface area contributed by atoms with Gasteiger partial charge >= 0.3 is 0 Å². The van der Waals surface area contributed by atoms with Crippen LogP contribution in [-0.2, 0) is 6.54 Å². The van der Waals surface area contributed by atoms with Gasteiger partial charge in [0.15, 0.2) is 0 Å². The highest BCUT2D eigenvalue weighted by molar-refractivity contribution is 5.06. The quantitative estimate of drug-likeness (QED) is 0.786. The van der Waals surface area contributed by atoms with Crippen molar-refractivity contribution in [2.24, 2.45) is 5.92 Å². The van der Waals surface area contributed by atoms with Crippen molar-refractivity contribution in [2.75, 3.05) is 32.8 Å². The first-order valence-electron chi connectivity index (χ1n) is 8.37. The minimum Gasteiger partial charge on any atom is -0.465 e. The van der Waals surface area contributed by atoms with Crippen LogP contribution in [0.1, 0.15) is 31.8 Å². The van der Waals surface area contributed by atoms with Crippen LogP contribution in [0.3, 0.4) is 0 Å². The van der Waals surface area contributed by atoms with E-state index in [2.05, 4.69) is 41.9 Å². The second kappa shape index (κ2) is 8.51. The molecular weight excluding hydrogens is 276 g/mol. The molecule has 4 heteroatoms. The predicted octanol–water partition coefficient (Wildman–Crippen LogP) is 2.67. The molecule has 0 saturated carbocycles. The average Bonchev–Trinajstić information content (AvgIpc) is 2.87. The van der Waals surface area contributed by atoms with E-state index in [1.165, 1.54) is 0 Å². The molecule has 1 aromatic heterocycles. The fourth-order valence-corrected chi connectivity index (χ4v) is 3.01. The predicted molar refractivity (Wildman–Crippen MR) is 89.8 cm³/mol. The number of aliphatic hydroxyl groups is 1. The van der Waals surface area contributed by atoms with Crippen molar-refractivity contribution >= 4 is 0 Å². The molecule has 0 radical (unpaired) electrons. The Balaban J connectivity index is 1.90. The normalized spacial score (nSPS) is 21.2. The maximum atomic E-state index is 9.36.